The molecule has 4 rings (SSSR count). The predicted molar refractivity (Wildman–Crippen MR) is 123 cm³/mol. The average molecular weight is 434 g/mol. The first-order chi connectivity index (χ1) is 15.5. The molecule has 1 atom stereocenters. The van der Waals surface area contributed by atoms with Gasteiger partial charge in [0.15, 0.2) is 0 Å². The lowest BCUT2D eigenvalue weighted by Gasteiger charge is -2.32. The zero-order valence-corrected chi connectivity index (χ0v) is 19.1. The third-order valence-corrected chi connectivity index (χ3v) is 5.93. The lowest BCUT2D eigenvalue weighted by atomic mass is 9.93. The standard InChI is InChI=1S/C25H31N5O2/c1-4-32-23-10-7-20(8-11-23)14-21-9-12-24(26-15-21)22-6-5-13-29(16-22)25(31)17-30-19(3)27-18(2)28-30/h7-12,15,22H,4-6,13-14,16-17H2,1-3H3/t22-/m0/s1. The molecule has 0 unspecified atom stereocenters. The number of benzene rings is 1. The second-order valence-corrected chi connectivity index (χ2v) is 8.39. The molecule has 3 heterocycles. The highest BCUT2D eigenvalue weighted by Gasteiger charge is 2.26. The number of piperidine rings is 1. The van der Waals surface area contributed by atoms with E-state index in [1.54, 1.807) is 4.68 Å². The van der Waals surface area contributed by atoms with Crippen molar-refractivity contribution in [2.75, 3.05) is 19.7 Å². The van der Waals surface area contributed by atoms with E-state index in [1.807, 2.05) is 44.0 Å². The monoisotopic (exact) mass is 433 g/mol. The molecule has 1 aliphatic heterocycles. The Labute approximate surface area is 189 Å². The third-order valence-electron chi connectivity index (χ3n) is 5.93. The Bertz CT molecular complexity index is 1040. The van der Waals surface area contributed by atoms with Crippen LogP contribution in [0.15, 0.2) is 42.6 Å². The number of rotatable bonds is 7. The molecule has 0 N–H and O–H groups in total. The van der Waals surface area contributed by atoms with E-state index in [2.05, 4.69) is 34.3 Å². The van der Waals surface area contributed by atoms with Gasteiger partial charge in [0, 0.05) is 30.9 Å². The molecule has 0 radical (unpaired) electrons. The topological polar surface area (TPSA) is 73.1 Å². The Balaban J connectivity index is 1.36. The highest BCUT2D eigenvalue weighted by atomic mass is 16.5. The Hall–Kier alpha value is -3.22. The van der Waals surface area contributed by atoms with Gasteiger partial charge in [0.2, 0.25) is 5.91 Å². The van der Waals surface area contributed by atoms with E-state index in [0.29, 0.717) is 19.0 Å². The molecule has 1 saturated heterocycles. The quantitative estimate of drug-likeness (QED) is 0.568. The van der Waals surface area contributed by atoms with Crippen molar-refractivity contribution in [1.82, 2.24) is 24.6 Å². The van der Waals surface area contributed by atoms with Crippen molar-refractivity contribution in [3.05, 3.63) is 71.1 Å². The number of hydrogen-bond donors (Lipinski definition) is 0. The van der Waals surface area contributed by atoms with Crippen LogP contribution >= 0.6 is 0 Å². The number of amides is 1. The Morgan fingerprint density at radius 1 is 1.12 bits per heavy atom. The minimum Gasteiger partial charge on any atom is -0.494 e. The molecule has 32 heavy (non-hydrogen) atoms. The molecule has 1 aromatic carbocycles. The Kier molecular flexibility index (Phi) is 6.83. The summed E-state index contributed by atoms with van der Waals surface area (Å²) >= 11 is 0. The van der Waals surface area contributed by atoms with Gasteiger partial charge < -0.3 is 9.64 Å². The number of likely N-dealkylation sites (tertiary alicyclic amines) is 1. The summed E-state index contributed by atoms with van der Waals surface area (Å²) in [5.74, 6) is 2.73. The lowest BCUT2D eigenvalue weighted by Crippen LogP contribution is -2.41. The molecule has 0 spiro atoms. The van der Waals surface area contributed by atoms with Crippen molar-refractivity contribution in [2.45, 2.75) is 52.5 Å². The van der Waals surface area contributed by atoms with E-state index in [4.69, 9.17) is 9.72 Å². The maximum Gasteiger partial charge on any atom is 0.244 e. The molecule has 7 nitrogen and oxygen atoms in total. The van der Waals surface area contributed by atoms with Gasteiger partial charge in [-0.15, -0.1) is 0 Å². The van der Waals surface area contributed by atoms with E-state index < -0.39 is 0 Å². The van der Waals surface area contributed by atoms with Gasteiger partial charge in [-0.3, -0.25) is 9.78 Å². The van der Waals surface area contributed by atoms with Crippen LogP contribution in [0.2, 0.25) is 0 Å². The summed E-state index contributed by atoms with van der Waals surface area (Å²) in [6, 6.07) is 12.5. The van der Waals surface area contributed by atoms with Gasteiger partial charge in [0.25, 0.3) is 0 Å². The summed E-state index contributed by atoms with van der Waals surface area (Å²) in [6.07, 6.45) is 4.84. The van der Waals surface area contributed by atoms with Gasteiger partial charge in [-0.2, -0.15) is 5.10 Å². The van der Waals surface area contributed by atoms with Crippen LogP contribution in [0.5, 0.6) is 5.75 Å². The summed E-state index contributed by atoms with van der Waals surface area (Å²) in [6.45, 7) is 8.12. The van der Waals surface area contributed by atoms with Gasteiger partial charge in [-0.1, -0.05) is 18.2 Å². The molecule has 0 saturated carbocycles. The van der Waals surface area contributed by atoms with Crippen molar-refractivity contribution in [3.8, 4) is 5.75 Å². The summed E-state index contributed by atoms with van der Waals surface area (Å²) < 4.78 is 7.20. The molecular formula is C25H31N5O2. The van der Waals surface area contributed by atoms with E-state index >= 15 is 0 Å². The molecule has 1 amide bonds. The number of carbonyl (C=O) groups excluding carboxylic acids is 1. The first kappa shape index (κ1) is 22.0. The Morgan fingerprint density at radius 2 is 1.91 bits per heavy atom. The number of ether oxygens (including phenoxy) is 1. The number of hydrogen-bond acceptors (Lipinski definition) is 5. The van der Waals surface area contributed by atoms with Crippen LogP contribution in [0, 0.1) is 13.8 Å². The first-order valence-electron chi connectivity index (χ1n) is 11.3. The SMILES string of the molecule is CCOc1ccc(Cc2ccc([C@H]3CCCN(C(=O)Cn4nc(C)nc4C)C3)nc2)cc1. The van der Waals surface area contributed by atoms with E-state index in [1.165, 1.54) is 11.1 Å². The van der Waals surface area contributed by atoms with E-state index in [0.717, 1.165) is 43.1 Å². The molecule has 2 aromatic heterocycles. The molecule has 168 valence electrons. The Morgan fingerprint density at radius 3 is 2.56 bits per heavy atom. The number of aryl methyl sites for hydroxylation is 2. The van der Waals surface area contributed by atoms with Crippen LogP contribution in [0.1, 0.15) is 54.2 Å². The summed E-state index contributed by atoms with van der Waals surface area (Å²) in [4.78, 5) is 23.8. The molecule has 1 fully saturated rings. The zero-order chi connectivity index (χ0) is 22.5. The summed E-state index contributed by atoms with van der Waals surface area (Å²) in [5, 5.41) is 4.32. The largest absolute Gasteiger partial charge is 0.494 e. The zero-order valence-electron chi connectivity index (χ0n) is 19.1. The van der Waals surface area contributed by atoms with Crippen LogP contribution in [0.25, 0.3) is 0 Å². The maximum absolute atomic E-state index is 12.8. The lowest BCUT2D eigenvalue weighted by molar-refractivity contribution is -0.133. The minimum atomic E-state index is 0.0924. The van der Waals surface area contributed by atoms with Gasteiger partial charge in [-0.25, -0.2) is 9.67 Å². The molecule has 0 bridgehead atoms. The summed E-state index contributed by atoms with van der Waals surface area (Å²) in [5.41, 5.74) is 3.47. The molecule has 0 aliphatic carbocycles. The fraction of sp³-hybridized carbons (Fsp3) is 0.440. The van der Waals surface area contributed by atoms with Crippen molar-refractivity contribution in [1.29, 1.82) is 0 Å². The van der Waals surface area contributed by atoms with Gasteiger partial charge in [0.1, 0.15) is 23.9 Å². The van der Waals surface area contributed by atoms with E-state index in [-0.39, 0.29) is 18.4 Å². The van der Waals surface area contributed by atoms with Gasteiger partial charge in [-0.05, 0) is 69.4 Å². The normalized spacial score (nSPS) is 16.2. The van der Waals surface area contributed by atoms with Crippen LogP contribution in [-0.4, -0.2) is 50.3 Å². The molecule has 7 heteroatoms. The second kappa shape index (κ2) is 9.94. The number of carbonyl (C=O) groups is 1. The van der Waals surface area contributed by atoms with Crippen LogP contribution in [-0.2, 0) is 17.8 Å². The van der Waals surface area contributed by atoms with Crippen molar-refractivity contribution >= 4 is 5.91 Å². The molecule has 1 aliphatic rings. The van der Waals surface area contributed by atoms with Crippen LogP contribution < -0.4 is 4.74 Å². The highest BCUT2D eigenvalue weighted by Crippen LogP contribution is 2.26. The number of aromatic nitrogens is 4. The minimum absolute atomic E-state index is 0.0924. The van der Waals surface area contributed by atoms with Crippen molar-refractivity contribution in [2.24, 2.45) is 0 Å². The average Bonchev–Trinajstić information content (AvgIpc) is 3.12. The maximum atomic E-state index is 12.8. The predicted octanol–water partition coefficient (Wildman–Crippen LogP) is 3.69. The summed E-state index contributed by atoms with van der Waals surface area (Å²) in [7, 11) is 0. The van der Waals surface area contributed by atoms with Gasteiger partial charge in [0.05, 0.1) is 6.61 Å². The third kappa shape index (κ3) is 5.33. The second-order valence-electron chi connectivity index (χ2n) is 8.39. The van der Waals surface area contributed by atoms with Crippen LogP contribution in [0.3, 0.4) is 0 Å². The fourth-order valence-corrected chi connectivity index (χ4v) is 4.27. The number of pyridine rings is 1. The molecular weight excluding hydrogens is 402 g/mol. The van der Waals surface area contributed by atoms with E-state index in [9.17, 15) is 4.79 Å². The first-order valence-corrected chi connectivity index (χ1v) is 11.3. The fourth-order valence-electron chi connectivity index (χ4n) is 4.27. The van der Waals surface area contributed by atoms with Crippen molar-refractivity contribution in [3.63, 3.8) is 0 Å². The number of nitrogens with zero attached hydrogens (tertiary/aromatic N) is 5. The van der Waals surface area contributed by atoms with Gasteiger partial charge >= 0.3 is 0 Å². The van der Waals surface area contributed by atoms with Crippen LogP contribution in [0.4, 0.5) is 0 Å². The van der Waals surface area contributed by atoms with Crippen molar-refractivity contribution < 1.29 is 9.53 Å². The molecule has 3 aromatic rings. The highest BCUT2D eigenvalue weighted by molar-refractivity contribution is 5.76. The smallest absolute Gasteiger partial charge is 0.244 e.